The zero-order valence-electron chi connectivity index (χ0n) is 12.3. The van der Waals surface area contributed by atoms with Gasteiger partial charge in [0.05, 0.1) is 43.2 Å². The molecular formula is C15H20ClN3O2. The Morgan fingerprint density at radius 2 is 2.00 bits per heavy atom. The van der Waals surface area contributed by atoms with E-state index in [0.29, 0.717) is 24.6 Å². The van der Waals surface area contributed by atoms with Crippen LogP contribution in [0.4, 0.5) is 0 Å². The number of hydrogen-bond donors (Lipinski definition) is 1. The second kappa shape index (κ2) is 7.45. The third-order valence-electron chi connectivity index (χ3n) is 3.31. The van der Waals surface area contributed by atoms with E-state index in [-0.39, 0.29) is 6.04 Å². The van der Waals surface area contributed by atoms with Crippen LogP contribution in [0.3, 0.4) is 0 Å². The average Bonchev–Trinajstić information content (AvgIpc) is 2.87. The average molecular weight is 310 g/mol. The van der Waals surface area contributed by atoms with Crippen molar-refractivity contribution in [2.45, 2.75) is 19.0 Å². The third kappa shape index (κ3) is 3.97. The van der Waals surface area contributed by atoms with Crippen LogP contribution in [0, 0.1) is 0 Å². The number of ether oxygens (including phenoxy) is 2. The normalized spacial score (nSPS) is 12.4. The van der Waals surface area contributed by atoms with Gasteiger partial charge in [-0.1, -0.05) is 23.7 Å². The molecule has 2 rings (SSSR count). The number of hydrogen-bond acceptors (Lipinski definition) is 4. The van der Waals surface area contributed by atoms with Gasteiger partial charge in [-0.05, 0) is 24.1 Å². The van der Waals surface area contributed by atoms with Gasteiger partial charge in [0.15, 0.2) is 0 Å². The number of nitrogens with zero attached hydrogens (tertiary/aromatic N) is 2. The van der Waals surface area contributed by atoms with E-state index in [1.807, 2.05) is 24.3 Å². The highest BCUT2D eigenvalue weighted by molar-refractivity contribution is 6.31. The number of aromatic nitrogens is 2. The summed E-state index contributed by atoms with van der Waals surface area (Å²) in [5.74, 6) is 0.829. The lowest BCUT2D eigenvalue weighted by molar-refractivity contribution is 0.182. The molecular weight excluding hydrogens is 290 g/mol. The Hall–Kier alpha value is -1.56. The van der Waals surface area contributed by atoms with Crippen LogP contribution >= 0.6 is 11.6 Å². The van der Waals surface area contributed by atoms with E-state index in [9.17, 15) is 0 Å². The molecule has 6 heteroatoms. The fourth-order valence-electron chi connectivity index (χ4n) is 2.21. The van der Waals surface area contributed by atoms with Crippen LogP contribution in [-0.4, -0.2) is 30.6 Å². The topological polar surface area (TPSA) is 62.3 Å². The SMILES string of the molecule is COCCn1ncc(Cl)c1C(N)Cc1ccc(OC)cc1. The second-order valence-electron chi connectivity index (χ2n) is 4.75. The van der Waals surface area contributed by atoms with Crippen molar-refractivity contribution in [3.8, 4) is 5.75 Å². The van der Waals surface area contributed by atoms with E-state index in [4.69, 9.17) is 26.8 Å². The van der Waals surface area contributed by atoms with Gasteiger partial charge in [0, 0.05) is 7.11 Å². The molecule has 0 amide bonds. The van der Waals surface area contributed by atoms with Crippen LogP contribution in [0.5, 0.6) is 5.75 Å². The lowest BCUT2D eigenvalue weighted by atomic mass is 10.0. The van der Waals surface area contributed by atoms with Gasteiger partial charge in [-0.15, -0.1) is 0 Å². The standard InChI is InChI=1S/C15H20ClN3O2/c1-20-8-7-19-15(13(16)10-18-19)14(17)9-11-3-5-12(21-2)6-4-11/h3-6,10,14H,7-9,17H2,1-2H3. The molecule has 1 aromatic heterocycles. The molecule has 1 atom stereocenters. The lowest BCUT2D eigenvalue weighted by Gasteiger charge is -2.15. The minimum absolute atomic E-state index is 0.217. The summed E-state index contributed by atoms with van der Waals surface area (Å²) in [4.78, 5) is 0. The molecule has 0 aliphatic heterocycles. The molecule has 2 aromatic rings. The number of halogens is 1. The van der Waals surface area contributed by atoms with Crippen LogP contribution in [0.25, 0.3) is 0 Å². The summed E-state index contributed by atoms with van der Waals surface area (Å²) in [7, 11) is 3.30. The molecule has 0 saturated carbocycles. The lowest BCUT2D eigenvalue weighted by Crippen LogP contribution is -2.20. The van der Waals surface area contributed by atoms with E-state index < -0.39 is 0 Å². The van der Waals surface area contributed by atoms with Crippen LogP contribution in [0.15, 0.2) is 30.5 Å². The summed E-state index contributed by atoms with van der Waals surface area (Å²) in [6.07, 6.45) is 2.31. The minimum Gasteiger partial charge on any atom is -0.497 e. The highest BCUT2D eigenvalue weighted by Gasteiger charge is 2.17. The largest absolute Gasteiger partial charge is 0.497 e. The van der Waals surface area contributed by atoms with Crippen molar-refractivity contribution in [2.75, 3.05) is 20.8 Å². The molecule has 21 heavy (non-hydrogen) atoms. The molecule has 114 valence electrons. The number of methoxy groups -OCH3 is 2. The van der Waals surface area contributed by atoms with E-state index in [0.717, 1.165) is 17.0 Å². The first kappa shape index (κ1) is 15.8. The molecule has 0 bridgehead atoms. The van der Waals surface area contributed by atoms with E-state index in [1.165, 1.54) is 0 Å². The van der Waals surface area contributed by atoms with Crippen molar-refractivity contribution in [1.29, 1.82) is 0 Å². The van der Waals surface area contributed by atoms with Crippen LogP contribution in [0.2, 0.25) is 5.02 Å². The highest BCUT2D eigenvalue weighted by atomic mass is 35.5. The second-order valence-corrected chi connectivity index (χ2v) is 5.16. The fraction of sp³-hybridized carbons (Fsp3) is 0.400. The van der Waals surface area contributed by atoms with E-state index in [2.05, 4.69) is 5.10 Å². The first-order valence-electron chi connectivity index (χ1n) is 6.74. The van der Waals surface area contributed by atoms with Crippen molar-refractivity contribution in [2.24, 2.45) is 5.73 Å². The van der Waals surface area contributed by atoms with Crippen LogP contribution < -0.4 is 10.5 Å². The molecule has 0 saturated heterocycles. The molecule has 0 aliphatic rings. The van der Waals surface area contributed by atoms with Gasteiger partial charge in [-0.3, -0.25) is 4.68 Å². The van der Waals surface area contributed by atoms with Crippen molar-refractivity contribution >= 4 is 11.6 Å². The van der Waals surface area contributed by atoms with Gasteiger partial charge < -0.3 is 15.2 Å². The van der Waals surface area contributed by atoms with Gasteiger partial charge >= 0.3 is 0 Å². The number of benzene rings is 1. The number of rotatable bonds is 7. The monoisotopic (exact) mass is 309 g/mol. The van der Waals surface area contributed by atoms with Gasteiger partial charge in [-0.2, -0.15) is 5.10 Å². The Morgan fingerprint density at radius 1 is 1.29 bits per heavy atom. The maximum atomic E-state index is 6.30. The van der Waals surface area contributed by atoms with Gasteiger partial charge in [-0.25, -0.2) is 0 Å². The minimum atomic E-state index is -0.217. The predicted molar refractivity (Wildman–Crippen MR) is 82.7 cm³/mol. The Labute approximate surface area is 129 Å². The third-order valence-corrected chi connectivity index (χ3v) is 3.60. The summed E-state index contributed by atoms with van der Waals surface area (Å²) in [5, 5.41) is 4.84. The smallest absolute Gasteiger partial charge is 0.118 e. The Kier molecular flexibility index (Phi) is 5.61. The molecule has 0 fully saturated rings. The van der Waals surface area contributed by atoms with Gasteiger partial charge in [0.2, 0.25) is 0 Å². The molecule has 0 spiro atoms. The zero-order chi connectivity index (χ0) is 15.2. The van der Waals surface area contributed by atoms with Crippen molar-refractivity contribution in [3.05, 3.63) is 46.7 Å². The number of nitrogens with two attached hydrogens (primary N) is 1. The van der Waals surface area contributed by atoms with Crippen molar-refractivity contribution in [1.82, 2.24) is 9.78 Å². The summed E-state index contributed by atoms with van der Waals surface area (Å²) >= 11 is 6.21. The fourth-order valence-corrected chi connectivity index (χ4v) is 2.49. The first-order chi connectivity index (χ1) is 10.2. The molecule has 0 aliphatic carbocycles. The molecule has 1 unspecified atom stereocenters. The summed E-state index contributed by atoms with van der Waals surface area (Å²) in [6, 6.07) is 7.63. The molecule has 1 heterocycles. The van der Waals surface area contributed by atoms with Crippen molar-refractivity contribution < 1.29 is 9.47 Å². The molecule has 2 N–H and O–H groups in total. The quantitative estimate of drug-likeness (QED) is 0.853. The Bertz CT molecular complexity index is 569. The molecule has 1 aromatic carbocycles. The summed E-state index contributed by atoms with van der Waals surface area (Å²) in [5.41, 5.74) is 8.26. The molecule has 0 radical (unpaired) electrons. The van der Waals surface area contributed by atoms with E-state index in [1.54, 1.807) is 25.1 Å². The molecule has 5 nitrogen and oxygen atoms in total. The summed E-state index contributed by atoms with van der Waals surface area (Å²) < 4.78 is 12.0. The Morgan fingerprint density at radius 3 is 2.62 bits per heavy atom. The van der Waals surface area contributed by atoms with Gasteiger partial charge in [0.25, 0.3) is 0 Å². The zero-order valence-corrected chi connectivity index (χ0v) is 13.0. The predicted octanol–water partition coefficient (Wildman–Crippen LogP) is 2.43. The van der Waals surface area contributed by atoms with Crippen LogP contribution in [-0.2, 0) is 17.7 Å². The Balaban J connectivity index is 2.11. The summed E-state index contributed by atoms with van der Waals surface area (Å²) in [6.45, 7) is 1.20. The van der Waals surface area contributed by atoms with E-state index >= 15 is 0 Å². The van der Waals surface area contributed by atoms with Crippen molar-refractivity contribution in [3.63, 3.8) is 0 Å². The maximum Gasteiger partial charge on any atom is 0.118 e. The highest BCUT2D eigenvalue weighted by Crippen LogP contribution is 2.24. The maximum absolute atomic E-state index is 6.30. The van der Waals surface area contributed by atoms with Gasteiger partial charge in [0.1, 0.15) is 5.75 Å². The first-order valence-corrected chi connectivity index (χ1v) is 7.12. The van der Waals surface area contributed by atoms with Crippen LogP contribution in [0.1, 0.15) is 17.3 Å².